The van der Waals surface area contributed by atoms with Crippen molar-refractivity contribution in [2.75, 3.05) is 0 Å². The third-order valence-electron chi connectivity index (χ3n) is 5.00. The molecule has 33 heavy (non-hydrogen) atoms. The molecule has 3 aromatic rings. The molecule has 1 N–H and O–H groups in total. The van der Waals surface area contributed by atoms with Crippen LogP contribution in [0.1, 0.15) is 40.2 Å². The number of fused-ring (bicyclic) bond motifs is 1. The number of hydrogen-bond donors (Lipinski definition) is 1. The van der Waals surface area contributed by atoms with E-state index in [-0.39, 0.29) is 11.7 Å². The first-order valence-corrected chi connectivity index (χ1v) is 10.8. The number of carbonyl (C=O) groups is 2. The lowest BCUT2D eigenvalue weighted by Gasteiger charge is -2.24. The number of ether oxygens (including phenoxy) is 2. The number of benzene rings is 2. The van der Waals surface area contributed by atoms with Crippen LogP contribution in [0.3, 0.4) is 0 Å². The molecule has 0 unspecified atom stereocenters. The quantitative estimate of drug-likeness (QED) is 0.325. The van der Waals surface area contributed by atoms with Crippen LogP contribution >= 0.6 is 0 Å². The van der Waals surface area contributed by atoms with E-state index < -0.39 is 29.3 Å². The van der Waals surface area contributed by atoms with Crippen LogP contribution in [0.25, 0.3) is 22.1 Å². The number of alkyl carbamates (subject to hydrolysis) is 1. The third kappa shape index (κ3) is 5.80. The van der Waals surface area contributed by atoms with Crippen molar-refractivity contribution >= 4 is 23.0 Å². The number of hydrogen-bond acceptors (Lipinski definition) is 6. The molecular weight excluding hydrogens is 422 g/mol. The average Bonchev–Trinajstić information content (AvgIpc) is 2.73. The van der Waals surface area contributed by atoms with Gasteiger partial charge in [-0.2, -0.15) is 0 Å². The Morgan fingerprint density at radius 1 is 1.03 bits per heavy atom. The minimum atomic E-state index is -0.919. The van der Waals surface area contributed by atoms with Crippen molar-refractivity contribution < 1.29 is 23.5 Å². The maximum Gasteiger partial charge on any atom is 0.408 e. The smallest absolute Gasteiger partial charge is 0.408 e. The summed E-state index contributed by atoms with van der Waals surface area (Å²) in [6, 6.07) is 13.4. The van der Waals surface area contributed by atoms with Crippen molar-refractivity contribution in [2.24, 2.45) is 5.92 Å². The minimum absolute atomic E-state index is 0.242. The van der Waals surface area contributed by atoms with E-state index in [1.165, 1.54) is 6.07 Å². The maximum absolute atomic E-state index is 12.9. The Bertz CT molecular complexity index is 1220. The second-order valence-electron chi connectivity index (χ2n) is 9.20. The van der Waals surface area contributed by atoms with Gasteiger partial charge in [-0.1, -0.05) is 44.2 Å². The van der Waals surface area contributed by atoms with Crippen LogP contribution in [0, 0.1) is 12.8 Å². The van der Waals surface area contributed by atoms with E-state index in [4.69, 9.17) is 13.9 Å². The summed E-state index contributed by atoms with van der Waals surface area (Å²) in [6.45, 7) is 10.5. The molecule has 0 saturated heterocycles. The van der Waals surface area contributed by atoms with E-state index in [2.05, 4.69) is 5.32 Å². The summed E-state index contributed by atoms with van der Waals surface area (Å²) in [5.74, 6) is -0.634. The molecule has 7 heteroatoms. The van der Waals surface area contributed by atoms with Gasteiger partial charge in [0.25, 0.3) is 0 Å². The Morgan fingerprint density at radius 3 is 2.30 bits per heavy atom. The molecule has 0 spiro atoms. The number of carbonyl (C=O) groups excluding carboxylic acids is 2. The van der Waals surface area contributed by atoms with Gasteiger partial charge in [0.1, 0.15) is 23.0 Å². The summed E-state index contributed by atoms with van der Waals surface area (Å²) in [4.78, 5) is 37.4. The molecule has 1 amide bonds. The highest BCUT2D eigenvalue weighted by Crippen LogP contribution is 2.33. The molecule has 0 radical (unpaired) electrons. The van der Waals surface area contributed by atoms with E-state index in [0.29, 0.717) is 11.1 Å². The van der Waals surface area contributed by atoms with Gasteiger partial charge in [-0.25, -0.2) is 14.4 Å². The predicted molar refractivity (Wildman–Crippen MR) is 126 cm³/mol. The zero-order chi connectivity index (χ0) is 24.3. The molecule has 2 aromatic carbocycles. The normalized spacial score (nSPS) is 12.5. The monoisotopic (exact) mass is 451 g/mol. The summed E-state index contributed by atoms with van der Waals surface area (Å²) in [7, 11) is 0. The second kappa shape index (κ2) is 9.48. The van der Waals surface area contributed by atoms with Gasteiger partial charge in [0, 0.05) is 17.0 Å². The molecule has 0 bridgehead atoms. The van der Waals surface area contributed by atoms with Gasteiger partial charge in [-0.15, -0.1) is 0 Å². The van der Waals surface area contributed by atoms with Crippen LogP contribution < -0.4 is 15.7 Å². The molecular formula is C26H29NO6. The number of amides is 1. The lowest BCUT2D eigenvalue weighted by molar-refractivity contribution is -0.138. The van der Waals surface area contributed by atoms with Gasteiger partial charge in [0.2, 0.25) is 0 Å². The molecule has 0 saturated carbocycles. The van der Waals surface area contributed by atoms with Crippen LogP contribution in [-0.2, 0) is 9.53 Å². The fourth-order valence-electron chi connectivity index (χ4n) is 3.41. The van der Waals surface area contributed by atoms with Crippen molar-refractivity contribution in [3.63, 3.8) is 0 Å². The van der Waals surface area contributed by atoms with Gasteiger partial charge in [-0.3, -0.25) is 0 Å². The van der Waals surface area contributed by atoms with Gasteiger partial charge >= 0.3 is 17.7 Å². The molecule has 1 heterocycles. The Kier molecular flexibility index (Phi) is 6.91. The fourth-order valence-corrected chi connectivity index (χ4v) is 3.41. The minimum Gasteiger partial charge on any atom is -0.444 e. The Balaban J connectivity index is 1.92. The molecule has 0 aliphatic heterocycles. The molecule has 7 nitrogen and oxygen atoms in total. The second-order valence-corrected chi connectivity index (χ2v) is 9.20. The van der Waals surface area contributed by atoms with Crippen molar-refractivity contribution in [3.8, 4) is 16.9 Å². The topological polar surface area (TPSA) is 94.8 Å². The first-order valence-electron chi connectivity index (χ1n) is 10.8. The van der Waals surface area contributed by atoms with Gasteiger partial charge < -0.3 is 19.2 Å². The average molecular weight is 452 g/mol. The van der Waals surface area contributed by atoms with Crippen molar-refractivity contribution in [3.05, 3.63) is 64.5 Å². The highest BCUT2D eigenvalue weighted by molar-refractivity contribution is 5.96. The molecule has 0 fully saturated rings. The Labute approximate surface area is 192 Å². The molecule has 0 aliphatic carbocycles. The highest BCUT2D eigenvalue weighted by atomic mass is 16.6. The van der Waals surface area contributed by atoms with E-state index in [1.807, 2.05) is 30.3 Å². The first-order chi connectivity index (χ1) is 15.5. The van der Waals surface area contributed by atoms with E-state index in [9.17, 15) is 14.4 Å². The van der Waals surface area contributed by atoms with Crippen LogP contribution in [0.15, 0.2) is 57.7 Å². The van der Waals surface area contributed by atoms with Crippen LogP contribution in [0.5, 0.6) is 5.75 Å². The summed E-state index contributed by atoms with van der Waals surface area (Å²) in [6.07, 6.45) is -0.702. The molecule has 0 aliphatic rings. The number of esters is 1. The summed E-state index contributed by atoms with van der Waals surface area (Å²) in [5, 5.41) is 3.31. The Hall–Kier alpha value is -3.61. The van der Waals surface area contributed by atoms with Crippen molar-refractivity contribution in [1.82, 2.24) is 5.32 Å². The van der Waals surface area contributed by atoms with Crippen LogP contribution in [0.4, 0.5) is 4.79 Å². The lowest BCUT2D eigenvalue weighted by Crippen LogP contribution is -2.48. The van der Waals surface area contributed by atoms with Crippen LogP contribution in [0.2, 0.25) is 0 Å². The zero-order valence-electron chi connectivity index (χ0n) is 19.7. The molecule has 174 valence electrons. The van der Waals surface area contributed by atoms with Crippen molar-refractivity contribution in [2.45, 2.75) is 53.2 Å². The zero-order valence-corrected chi connectivity index (χ0v) is 19.7. The first kappa shape index (κ1) is 24.0. The predicted octanol–water partition coefficient (Wildman–Crippen LogP) is 5.22. The summed E-state index contributed by atoms with van der Waals surface area (Å²) >= 11 is 0. The van der Waals surface area contributed by atoms with E-state index in [0.717, 1.165) is 16.5 Å². The highest BCUT2D eigenvalue weighted by Gasteiger charge is 2.29. The van der Waals surface area contributed by atoms with Gasteiger partial charge in [-0.05, 0) is 56.9 Å². The van der Waals surface area contributed by atoms with Gasteiger partial charge in [0.15, 0.2) is 0 Å². The maximum atomic E-state index is 12.9. The number of nitrogens with one attached hydrogen (secondary N) is 1. The van der Waals surface area contributed by atoms with E-state index in [1.54, 1.807) is 53.7 Å². The summed E-state index contributed by atoms with van der Waals surface area (Å²) < 4.78 is 16.4. The fraction of sp³-hybridized carbons (Fsp3) is 0.346. The van der Waals surface area contributed by atoms with Crippen LogP contribution in [-0.4, -0.2) is 23.7 Å². The third-order valence-corrected chi connectivity index (χ3v) is 5.00. The molecule has 3 rings (SSSR count). The Morgan fingerprint density at radius 2 is 1.70 bits per heavy atom. The summed E-state index contributed by atoms with van der Waals surface area (Å²) in [5.41, 5.74) is 1.26. The lowest BCUT2D eigenvalue weighted by atomic mass is 10.00. The molecule has 1 aromatic heterocycles. The van der Waals surface area contributed by atoms with Crippen molar-refractivity contribution in [1.29, 1.82) is 0 Å². The molecule has 1 atom stereocenters. The number of aryl methyl sites for hydroxylation is 1. The SMILES string of the molecule is Cc1c(OC(=O)[C@@H](NC(=O)OC(C)(C)C)C(C)C)ccc2c(-c3ccccc3)cc(=O)oc12. The largest absolute Gasteiger partial charge is 0.444 e. The number of rotatable bonds is 5. The van der Waals surface area contributed by atoms with Gasteiger partial charge in [0.05, 0.1) is 0 Å². The van der Waals surface area contributed by atoms with E-state index >= 15 is 0 Å². The standard InChI is InChI=1S/C26H29NO6/c1-15(2)22(27-25(30)33-26(4,5)6)24(29)31-20-13-12-18-19(17-10-8-7-9-11-17)14-21(28)32-23(18)16(20)3/h7-15,22H,1-6H3,(H,27,30)/t22-/m0/s1.